The van der Waals surface area contributed by atoms with Crippen molar-refractivity contribution in [1.29, 1.82) is 0 Å². The average molecular weight is 309 g/mol. The van der Waals surface area contributed by atoms with Gasteiger partial charge < -0.3 is 15.0 Å². The minimum absolute atomic E-state index is 0.130. The van der Waals surface area contributed by atoms with Crippen molar-refractivity contribution in [3.8, 4) is 0 Å². The third kappa shape index (κ3) is 3.98. The maximum atomic E-state index is 12.3. The molecular formula is C16H27N3O3. The summed E-state index contributed by atoms with van der Waals surface area (Å²) >= 11 is 0. The molecule has 0 aromatic rings. The van der Waals surface area contributed by atoms with E-state index in [0.717, 1.165) is 38.8 Å². The summed E-state index contributed by atoms with van der Waals surface area (Å²) in [5.74, 6) is 0.262. The topological polar surface area (TPSA) is 61.9 Å². The zero-order valence-electron chi connectivity index (χ0n) is 13.3. The summed E-state index contributed by atoms with van der Waals surface area (Å²) in [6.07, 6.45) is 6.31. The van der Waals surface area contributed by atoms with Gasteiger partial charge in [0.25, 0.3) is 5.91 Å². The van der Waals surface area contributed by atoms with Gasteiger partial charge in [-0.1, -0.05) is 12.8 Å². The molecular weight excluding hydrogens is 282 g/mol. The van der Waals surface area contributed by atoms with E-state index in [4.69, 9.17) is 4.74 Å². The van der Waals surface area contributed by atoms with E-state index in [1.165, 1.54) is 12.8 Å². The van der Waals surface area contributed by atoms with Gasteiger partial charge in [-0.3, -0.25) is 14.5 Å². The van der Waals surface area contributed by atoms with Crippen molar-refractivity contribution in [2.75, 3.05) is 39.3 Å². The first kappa shape index (κ1) is 15.7. The SMILES string of the molecule is O=C(CN1CCN(C(=O)[C@H]2CCCO2)CC1)NC1CCCC1. The highest BCUT2D eigenvalue weighted by Gasteiger charge is 2.30. The molecule has 124 valence electrons. The molecule has 6 nitrogen and oxygen atoms in total. The van der Waals surface area contributed by atoms with Crippen LogP contribution in [-0.4, -0.2) is 73.1 Å². The zero-order valence-corrected chi connectivity index (χ0v) is 13.3. The van der Waals surface area contributed by atoms with Crippen LogP contribution in [0.3, 0.4) is 0 Å². The van der Waals surface area contributed by atoms with Crippen LogP contribution in [0.5, 0.6) is 0 Å². The van der Waals surface area contributed by atoms with E-state index < -0.39 is 0 Å². The fourth-order valence-electron chi connectivity index (χ4n) is 3.65. The molecule has 2 heterocycles. The van der Waals surface area contributed by atoms with Gasteiger partial charge in [0, 0.05) is 38.8 Å². The van der Waals surface area contributed by atoms with Gasteiger partial charge in [0.15, 0.2) is 0 Å². The lowest BCUT2D eigenvalue weighted by Gasteiger charge is -2.35. The second-order valence-corrected chi connectivity index (χ2v) is 6.65. The molecule has 0 spiro atoms. The highest BCUT2D eigenvalue weighted by atomic mass is 16.5. The molecule has 1 saturated carbocycles. The van der Waals surface area contributed by atoms with E-state index in [0.29, 0.717) is 32.3 Å². The predicted octanol–water partition coefficient (Wildman–Crippen LogP) is 0.368. The molecule has 3 fully saturated rings. The van der Waals surface area contributed by atoms with Crippen molar-refractivity contribution in [2.24, 2.45) is 0 Å². The Hall–Kier alpha value is -1.14. The number of rotatable bonds is 4. The number of carbonyl (C=O) groups is 2. The highest BCUT2D eigenvalue weighted by Crippen LogP contribution is 2.18. The molecule has 0 unspecified atom stereocenters. The Labute approximate surface area is 132 Å². The molecule has 0 radical (unpaired) electrons. The van der Waals surface area contributed by atoms with Crippen molar-refractivity contribution in [3.05, 3.63) is 0 Å². The van der Waals surface area contributed by atoms with Crippen LogP contribution in [0.15, 0.2) is 0 Å². The van der Waals surface area contributed by atoms with Gasteiger partial charge >= 0.3 is 0 Å². The van der Waals surface area contributed by atoms with Gasteiger partial charge in [-0.05, 0) is 25.7 Å². The Morgan fingerprint density at radius 2 is 1.73 bits per heavy atom. The summed E-state index contributed by atoms with van der Waals surface area (Å²) in [5, 5.41) is 3.12. The number of nitrogens with one attached hydrogen (secondary N) is 1. The van der Waals surface area contributed by atoms with Crippen molar-refractivity contribution < 1.29 is 14.3 Å². The third-order valence-electron chi connectivity index (χ3n) is 4.98. The molecule has 1 aliphatic carbocycles. The van der Waals surface area contributed by atoms with E-state index in [9.17, 15) is 9.59 Å². The highest BCUT2D eigenvalue weighted by molar-refractivity contribution is 5.81. The number of ether oxygens (including phenoxy) is 1. The minimum Gasteiger partial charge on any atom is -0.368 e. The first-order valence-corrected chi connectivity index (χ1v) is 8.64. The number of carbonyl (C=O) groups excluding carboxylic acids is 2. The van der Waals surface area contributed by atoms with Crippen LogP contribution in [0.25, 0.3) is 0 Å². The van der Waals surface area contributed by atoms with Crippen LogP contribution in [0.1, 0.15) is 38.5 Å². The first-order valence-electron chi connectivity index (χ1n) is 8.64. The standard InChI is InChI=1S/C16H27N3O3/c20-15(17-13-4-1-2-5-13)12-18-7-9-19(10-8-18)16(21)14-6-3-11-22-14/h13-14H,1-12H2,(H,17,20)/t14-/m1/s1. The Morgan fingerprint density at radius 3 is 2.36 bits per heavy atom. The summed E-state index contributed by atoms with van der Waals surface area (Å²) in [7, 11) is 0. The molecule has 22 heavy (non-hydrogen) atoms. The summed E-state index contributed by atoms with van der Waals surface area (Å²) in [5.41, 5.74) is 0. The maximum Gasteiger partial charge on any atom is 0.251 e. The molecule has 1 N–H and O–H groups in total. The molecule has 2 saturated heterocycles. The zero-order chi connectivity index (χ0) is 15.4. The van der Waals surface area contributed by atoms with E-state index in [1.54, 1.807) is 0 Å². The number of piperazine rings is 1. The van der Waals surface area contributed by atoms with Gasteiger partial charge in [0.05, 0.1) is 6.54 Å². The lowest BCUT2D eigenvalue weighted by Crippen LogP contribution is -2.53. The summed E-state index contributed by atoms with van der Waals surface area (Å²) in [6, 6.07) is 0.384. The Balaban J connectivity index is 1.37. The van der Waals surface area contributed by atoms with Crippen LogP contribution in [0.4, 0.5) is 0 Å². The molecule has 1 atom stereocenters. The number of amides is 2. The predicted molar refractivity (Wildman–Crippen MR) is 82.4 cm³/mol. The van der Waals surface area contributed by atoms with E-state index in [2.05, 4.69) is 10.2 Å². The van der Waals surface area contributed by atoms with E-state index >= 15 is 0 Å². The summed E-state index contributed by atoms with van der Waals surface area (Å²) in [6.45, 7) is 4.12. The van der Waals surface area contributed by atoms with Gasteiger partial charge in [-0.25, -0.2) is 0 Å². The van der Waals surface area contributed by atoms with Crippen LogP contribution in [0.2, 0.25) is 0 Å². The van der Waals surface area contributed by atoms with Gasteiger partial charge in [-0.15, -0.1) is 0 Å². The van der Waals surface area contributed by atoms with Gasteiger partial charge in [-0.2, -0.15) is 0 Å². The Kier molecular flexibility index (Phi) is 5.31. The van der Waals surface area contributed by atoms with E-state index in [1.807, 2.05) is 4.90 Å². The molecule has 0 aromatic heterocycles. The molecule has 6 heteroatoms. The fraction of sp³-hybridized carbons (Fsp3) is 0.875. The van der Waals surface area contributed by atoms with Gasteiger partial charge in [0.1, 0.15) is 6.10 Å². The van der Waals surface area contributed by atoms with Crippen LogP contribution in [0, 0.1) is 0 Å². The number of hydrogen-bond acceptors (Lipinski definition) is 4. The summed E-state index contributed by atoms with van der Waals surface area (Å²) < 4.78 is 5.46. The number of nitrogens with zero attached hydrogens (tertiary/aromatic N) is 2. The second-order valence-electron chi connectivity index (χ2n) is 6.65. The quantitative estimate of drug-likeness (QED) is 0.815. The molecule has 3 rings (SSSR count). The second kappa shape index (κ2) is 7.42. The smallest absolute Gasteiger partial charge is 0.251 e. The molecule has 0 aromatic carbocycles. The van der Waals surface area contributed by atoms with Crippen LogP contribution in [-0.2, 0) is 14.3 Å². The molecule has 2 amide bonds. The average Bonchev–Trinajstić information content (AvgIpc) is 3.20. The first-order chi connectivity index (χ1) is 10.7. The summed E-state index contributed by atoms with van der Waals surface area (Å²) in [4.78, 5) is 28.3. The maximum absolute atomic E-state index is 12.3. The normalized spacial score (nSPS) is 27.3. The lowest BCUT2D eigenvalue weighted by molar-refractivity contribution is -0.142. The minimum atomic E-state index is -0.225. The Morgan fingerprint density at radius 1 is 1.00 bits per heavy atom. The fourth-order valence-corrected chi connectivity index (χ4v) is 3.65. The third-order valence-corrected chi connectivity index (χ3v) is 4.98. The lowest BCUT2D eigenvalue weighted by atomic mass is 10.2. The molecule has 2 aliphatic heterocycles. The molecule has 0 bridgehead atoms. The van der Waals surface area contributed by atoms with Crippen molar-refractivity contribution in [3.63, 3.8) is 0 Å². The van der Waals surface area contributed by atoms with Gasteiger partial charge in [0.2, 0.25) is 5.91 Å². The van der Waals surface area contributed by atoms with Crippen LogP contribution < -0.4 is 5.32 Å². The Bertz CT molecular complexity index is 395. The van der Waals surface area contributed by atoms with Crippen molar-refractivity contribution in [1.82, 2.24) is 15.1 Å². The van der Waals surface area contributed by atoms with E-state index in [-0.39, 0.29) is 17.9 Å². The van der Waals surface area contributed by atoms with Crippen LogP contribution >= 0.6 is 0 Å². The molecule has 3 aliphatic rings. The monoisotopic (exact) mass is 309 g/mol. The largest absolute Gasteiger partial charge is 0.368 e. The van der Waals surface area contributed by atoms with Crippen molar-refractivity contribution in [2.45, 2.75) is 50.7 Å². The van der Waals surface area contributed by atoms with Crippen molar-refractivity contribution >= 4 is 11.8 Å². The number of hydrogen-bond donors (Lipinski definition) is 1.